The molecule has 2 aliphatic rings. The van der Waals surface area contributed by atoms with E-state index in [0.717, 1.165) is 17.6 Å². The van der Waals surface area contributed by atoms with E-state index in [9.17, 15) is 0 Å². The molecule has 0 N–H and O–H groups in total. The van der Waals surface area contributed by atoms with Crippen molar-refractivity contribution in [2.75, 3.05) is 27.7 Å². The number of benzene rings is 1. The monoisotopic (exact) mass is 259 g/mol. The molecule has 2 saturated carbocycles. The van der Waals surface area contributed by atoms with E-state index in [4.69, 9.17) is 4.74 Å². The Kier molecular flexibility index (Phi) is 3.30. The fraction of sp³-hybridized carbons (Fsp3) is 0.647. The van der Waals surface area contributed by atoms with Crippen LogP contribution in [-0.2, 0) is 5.41 Å². The summed E-state index contributed by atoms with van der Waals surface area (Å²) in [6.07, 6.45) is 5.60. The van der Waals surface area contributed by atoms with Crippen LogP contribution in [0.15, 0.2) is 24.3 Å². The molecule has 0 saturated heterocycles. The highest BCUT2D eigenvalue weighted by atomic mass is 16.5. The van der Waals surface area contributed by atoms with Gasteiger partial charge in [-0.05, 0) is 62.9 Å². The third-order valence-corrected chi connectivity index (χ3v) is 5.18. The molecule has 2 aliphatic carbocycles. The Balaban J connectivity index is 1.91. The molecular weight excluding hydrogens is 234 g/mol. The van der Waals surface area contributed by atoms with Gasteiger partial charge in [-0.1, -0.05) is 18.6 Å². The van der Waals surface area contributed by atoms with Gasteiger partial charge < -0.3 is 9.64 Å². The Morgan fingerprint density at radius 1 is 1.32 bits per heavy atom. The number of methoxy groups -OCH3 is 1. The Hall–Kier alpha value is -1.02. The van der Waals surface area contributed by atoms with Gasteiger partial charge in [-0.15, -0.1) is 0 Å². The number of hydrogen-bond acceptors (Lipinski definition) is 2. The molecule has 0 bridgehead atoms. The van der Waals surface area contributed by atoms with Gasteiger partial charge in [-0.25, -0.2) is 0 Å². The summed E-state index contributed by atoms with van der Waals surface area (Å²) in [5.41, 5.74) is 1.97. The lowest BCUT2D eigenvalue weighted by atomic mass is 9.73. The summed E-state index contributed by atoms with van der Waals surface area (Å²) < 4.78 is 5.42. The number of ether oxygens (including phenoxy) is 1. The van der Waals surface area contributed by atoms with Gasteiger partial charge >= 0.3 is 0 Å². The second-order valence-electron chi connectivity index (χ2n) is 6.56. The minimum absolute atomic E-state index is 0.455. The third kappa shape index (κ3) is 2.16. The Morgan fingerprint density at radius 3 is 2.89 bits per heavy atom. The molecule has 3 atom stereocenters. The van der Waals surface area contributed by atoms with Crippen molar-refractivity contribution in [1.82, 2.24) is 4.90 Å². The molecule has 1 aromatic rings. The maximum atomic E-state index is 5.42. The van der Waals surface area contributed by atoms with Crippen LogP contribution in [0, 0.1) is 11.8 Å². The lowest BCUT2D eigenvalue weighted by Gasteiger charge is -2.34. The summed E-state index contributed by atoms with van der Waals surface area (Å²) in [4.78, 5) is 2.35. The fourth-order valence-corrected chi connectivity index (χ4v) is 4.27. The van der Waals surface area contributed by atoms with Crippen LogP contribution in [-0.4, -0.2) is 32.6 Å². The van der Waals surface area contributed by atoms with Gasteiger partial charge in [0.1, 0.15) is 5.75 Å². The van der Waals surface area contributed by atoms with Gasteiger partial charge in [-0.2, -0.15) is 0 Å². The van der Waals surface area contributed by atoms with Gasteiger partial charge in [0.2, 0.25) is 0 Å². The first-order chi connectivity index (χ1) is 9.16. The zero-order chi connectivity index (χ0) is 13.5. The summed E-state index contributed by atoms with van der Waals surface area (Å²) in [5.74, 6) is 2.73. The fourth-order valence-electron chi connectivity index (χ4n) is 4.27. The van der Waals surface area contributed by atoms with Crippen molar-refractivity contribution in [2.45, 2.75) is 31.1 Å². The molecule has 2 nitrogen and oxygen atoms in total. The average Bonchev–Trinajstić information content (AvgIpc) is 3.15. The molecule has 0 spiro atoms. The molecule has 2 fully saturated rings. The SMILES string of the molecule is COc1cccc(C23CC2CCCC3CN(C)C)c1. The molecule has 3 rings (SSSR count). The van der Waals surface area contributed by atoms with Crippen LogP contribution in [0.1, 0.15) is 31.2 Å². The quantitative estimate of drug-likeness (QED) is 0.822. The highest BCUT2D eigenvalue weighted by molar-refractivity contribution is 5.40. The summed E-state index contributed by atoms with van der Waals surface area (Å²) >= 11 is 0. The van der Waals surface area contributed by atoms with E-state index in [2.05, 4.69) is 43.3 Å². The summed E-state index contributed by atoms with van der Waals surface area (Å²) in [6, 6.07) is 8.80. The van der Waals surface area contributed by atoms with Gasteiger partial charge in [0.05, 0.1) is 7.11 Å². The van der Waals surface area contributed by atoms with Crippen LogP contribution in [0.5, 0.6) is 5.75 Å². The molecular formula is C17H25NO. The molecule has 0 aromatic heterocycles. The van der Waals surface area contributed by atoms with Crippen molar-refractivity contribution in [2.24, 2.45) is 11.8 Å². The van der Waals surface area contributed by atoms with E-state index in [1.54, 1.807) is 7.11 Å². The van der Waals surface area contributed by atoms with E-state index in [1.165, 1.54) is 37.8 Å². The van der Waals surface area contributed by atoms with Gasteiger partial charge in [0.25, 0.3) is 0 Å². The number of hydrogen-bond donors (Lipinski definition) is 0. The molecule has 0 radical (unpaired) electrons. The zero-order valence-corrected chi connectivity index (χ0v) is 12.4. The molecule has 0 aliphatic heterocycles. The minimum Gasteiger partial charge on any atom is -0.497 e. The number of nitrogens with zero attached hydrogens (tertiary/aromatic N) is 1. The van der Waals surface area contributed by atoms with E-state index >= 15 is 0 Å². The molecule has 104 valence electrons. The lowest BCUT2D eigenvalue weighted by molar-refractivity contribution is 0.221. The Bertz CT molecular complexity index is 456. The summed E-state index contributed by atoms with van der Waals surface area (Å²) in [5, 5.41) is 0. The lowest BCUT2D eigenvalue weighted by Crippen LogP contribution is -2.34. The van der Waals surface area contributed by atoms with Crippen LogP contribution in [0.25, 0.3) is 0 Å². The highest BCUT2D eigenvalue weighted by Crippen LogP contribution is 2.65. The largest absolute Gasteiger partial charge is 0.497 e. The van der Waals surface area contributed by atoms with Crippen LogP contribution in [0.4, 0.5) is 0 Å². The standard InChI is InChI=1S/C17H25NO/c1-18(2)12-15-8-4-7-14-11-17(14,15)13-6-5-9-16(10-13)19-3/h5-6,9-10,14-15H,4,7-8,11-12H2,1-3H3. The van der Waals surface area contributed by atoms with Crippen molar-refractivity contribution < 1.29 is 4.74 Å². The maximum absolute atomic E-state index is 5.42. The molecule has 0 heterocycles. The molecule has 19 heavy (non-hydrogen) atoms. The minimum atomic E-state index is 0.455. The molecule has 2 heteroatoms. The second kappa shape index (κ2) is 4.82. The zero-order valence-electron chi connectivity index (χ0n) is 12.4. The first-order valence-electron chi connectivity index (χ1n) is 7.46. The second-order valence-corrected chi connectivity index (χ2v) is 6.56. The predicted molar refractivity (Wildman–Crippen MR) is 78.7 cm³/mol. The van der Waals surface area contributed by atoms with Gasteiger partial charge in [0.15, 0.2) is 0 Å². The van der Waals surface area contributed by atoms with Crippen molar-refractivity contribution >= 4 is 0 Å². The Labute approximate surface area is 116 Å². The maximum Gasteiger partial charge on any atom is 0.119 e. The summed E-state index contributed by atoms with van der Waals surface area (Å²) in [6.45, 7) is 1.22. The first kappa shape index (κ1) is 13.0. The van der Waals surface area contributed by atoms with E-state index in [-0.39, 0.29) is 0 Å². The van der Waals surface area contributed by atoms with E-state index < -0.39 is 0 Å². The third-order valence-electron chi connectivity index (χ3n) is 5.18. The first-order valence-corrected chi connectivity index (χ1v) is 7.46. The molecule has 0 amide bonds. The Morgan fingerprint density at radius 2 is 2.16 bits per heavy atom. The van der Waals surface area contributed by atoms with Gasteiger partial charge in [-0.3, -0.25) is 0 Å². The molecule has 1 aromatic carbocycles. The van der Waals surface area contributed by atoms with Crippen molar-refractivity contribution in [3.63, 3.8) is 0 Å². The predicted octanol–water partition coefficient (Wildman–Crippen LogP) is 3.31. The number of rotatable bonds is 4. The average molecular weight is 259 g/mol. The topological polar surface area (TPSA) is 12.5 Å². The normalized spacial score (nSPS) is 33.1. The van der Waals surface area contributed by atoms with Crippen molar-refractivity contribution in [3.05, 3.63) is 29.8 Å². The van der Waals surface area contributed by atoms with Crippen LogP contribution in [0.2, 0.25) is 0 Å². The van der Waals surface area contributed by atoms with Gasteiger partial charge in [0, 0.05) is 12.0 Å². The van der Waals surface area contributed by atoms with Crippen LogP contribution < -0.4 is 4.74 Å². The molecule has 3 unspecified atom stereocenters. The van der Waals surface area contributed by atoms with Crippen molar-refractivity contribution in [3.8, 4) is 5.75 Å². The van der Waals surface area contributed by atoms with E-state index in [0.29, 0.717) is 5.41 Å². The van der Waals surface area contributed by atoms with E-state index in [1.807, 2.05) is 0 Å². The summed E-state index contributed by atoms with van der Waals surface area (Å²) in [7, 11) is 6.16. The number of fused-ring (bicyclic) bond motifs is 1. The van der Waals surface area contributed by atoms with Crippen LogP contribution >= 0.6 is 0 Å². The highest BCUT2D eigenvalue weighted by Gasteiger charge is 2.60. The van der Waals surface area contributed by atoms with Crippen molar-refractivity contribution in [1.29, 1.82) is 0 Å². The van der Waals surface area contributed by atoms with Crippen LogP contribution in [0.3, 0.4) is 0 Å². The smallest absolute Gasteiger partial charge is 0.119 e.